The molecule has 3 aromatic rings. The number of fused-ring (bicyclic) bond motifs is 2. The number of hydrogen-bond acceptors (Lipinski definition) is 5. The minimum absolute atomic E-state index is 0.0904. The maximum absolute atomic E-state index is 13.4. The van der Waals surface area contributed by atoms with E-state index < -0.39 is 10.0 Å². The maximum atomic E-state index is 13.4. The fraction of sp³-hybridized carbons (Fsp3) is 0.318. The molecule has 1 aromatic carbocycles. The third kappa shape index (κ3) is 3.38. The molecule has 30 heavy (non-hydrogen) atoms. The van der Waals surface area contributed by atoms with Gasteiger partial charge in [-0.15, -0.1) is 11.3 Å². The van der Waals surface area contributed by atoms with Crippen LogP contribution in [0, 0.1) is 0 Å². The zero-order valence-electron chi connectivity index (χ0n) is 16.3. The molecule has 6 nitrogen and oxygen atoms in total. The van der Waals surface area contributed by atoms with Crippen LogP contribution >= 0.6 is 11.3 Å². The third-order valence-electron chi connectivity index (χ3n) is 5.91. The summed E-state index contributed by atoms with van der Waals surface area (Å²) in [6.07, 6.45) is 4.92. The van der Waals surface area contributed by atoms with Crippen LogP contribution in [0.3, 0.4) is 0 Å². The van der Waals surface area contributed by atoms with Gasteiger partial charge in [0.1, 0.15) is 15.5 Å². The van der Waals surface area contributed by atoms with Gasteiger partial charge >= 0.3 is 0 Å². The number of thiophene rings is 1. The predicted molar refractivity (Wildman–Crippen MR) is 114 cm³/mol. The number of furan rings is 1. The molecule has 8 heteroatoms. The Balaban J connectivity index is 1.39. The second kappa shape index (κ2) is 7.68. The topological polar surface area (TPSA) is 79.6 Å². The molecule has 156 valence electrons. The van der Waals surface area contributed by atoms with Gasteiger partial charge in [0.2, 0.25) is 10.0 Å². The highest BCUT2D eigenvalue weighted by Gasteiger charge is 2.33. The molecule has 0 radical (unpaired) electrons. The summed E-state index contributed by atoms with van der Waals surface area (Å²) in [6, 6.07) is 11.2. The number of benzene rings is 1. The van der Waals surface area contributed by atoms with Crippen molar-refractivity contribution in [2.45, 2.75) is 43.2 Å². The normalized spacial score (nSPS) is 19.1. The number of nitrogens with one attached hydrogen (secondary N) is 1. The average molecular weight is 443 g/mol. The predicted octanol–water partition coefficient (Wildman–Crippen LogP) is 3.90. The van der Waals surface area contributed by atoms with E-state index in [0.29, 0.717) is 19.5 Å². The number of carbonyl (C=O) groups is 1. The van der Waals surface area contributed by atoms with Crippen molar-refractivity contribution in [3.8, 4) is 0 Å². The standard InChI is InChI=1S/C22H22N2O4S2/c25-22(23-18-6-3-7-19-17(18)9-12-28-19)21-20(10-13-29-21)30(26,27)24-11-8-15-4-1-2-5-16(15)14-24/h1-2,4-5,9-10,12-13,18H,3,6-8,11,14H2,(H,23,25). The fourth-order valence-corrected chi connectivity index (χ4v) is 7.06. The van der Waals surface area contributed by atoms with Crippen LogP contribution in [-0.2, 0) is 29.4 Å². The Hall–Kier alpha value is -2.42. The smallest absolute Gasteiger partial charge is 0.263 e. The first-order chi connectivity index (χ1) is 14.5. The SMILES string of the molecule is O=C(NC1CCCc2occc21)c1sccc1S(=O)(=O)N1CCc2ccccc2C1. The number of sulfonamides is 1. The summed E-state index contributed by atoms with van der Waals surface area (Å²) in [4.78, 5) is 13.4. The lowest BCUT2D eigenvalue weighted by atomic mass is 9.93. The van der Waals surface area contributed by atoms with E-state index in [0.717, 1.165) is 47.5 Å². The largest absolute Gasteiger partial charge is 0.469 e. The van der Waals surface area contributed by atoms with E-state index >= 15 is 0 Å². The Morgan fingerprint density at radius 1 is 1.13 bits per heavy atom. The summed E-state index contributed by atoms with van der Waals surface area (Å²) in [5.41, 5.74) is 3.19. The number of nitrogens with zero attached hydrogens (tertiary/aromatic N) is 1. The van der Waals surface area contributed by atoms with Gasteiger partial charge in [-0.05, 0) is 47.9 Å². The lowest BCUT2D eigenvalue weighted by Crippen LogP contribution is -2.37. The maximum Gasteiger partial charge on any atom is 0.263 e. The molecule has 1 aliphatic heterocycles. The van der Waals surface area contributed by atoms with Gasteiger partial charge in [0, 0.05) is 25.1 Å². The fourth-order valence-electron chi connectivity index (χ4n) is 4.34. The molecule has 0 bridgehead atoms. The van der Waals surface area contributed by atoms with Crippen LogP contribution in [0.5, 0.6) is 0 Å². The average Bonchev–Trinajstić information content (AvgIpc) is 3.44. The minimum Gasteiger partial charge on any atom is -0.469 e. The molecule has 2 aromatic heterocycles. The summed E-state index contributed by atoms with van der Waals surface area (Å²) < 4.78 is 33.7. The highest BCUT2D eigenvalue weighted by molar-refractivity contribution is 7.89. The van der Waals surface area contributed by atoms with Gasteiger partial charge in [-0.1, -0.05) is 24.3 Å². The Morgan fingerprint density at radius 2 is 1.97 bits per heavy atom. The second-order valence-corrected chi connectivity index (χ2v) is 10.5. The molecule has 1 N–H and O–H groups in total. The van der Waals surface area contributed by atoms with E-state index in [9.17, 15) is 13.2 Å². The van der Waals surface area contributed by atoms with Crippen molar-refractivity contribution < 1.29 is 17.6 Å². The molecule has 1 aliphatic carbocycles. The zero-order chi connectivity index (χ0) is 20.7. The van der Waals surface area contributed by atoms with E-state index in [1.54, 1.807) is 17.7 Å². The Labute approximate surface area is 179 Å². The molecule has 0 fully saturated rings. The van der Waals surface area contributed by atoms with Crippen LogP contribution in [0.4, 0.5) is 0 Å². The number of carbonyl (C=O) groups excluding carboxylic acids is 1. The summed E-state index contributed by atoms with van der Waals surface area (Å²) in [7, 11) is -3.76. The first kappa shape index (κ1) is 19.5. The lowest BCUT2D eigenvalue weighted by Gasteiger charge is -2.28. The van der Waals surface area contributed by atoms with E-state index in [1.807, 2.05) is 30.3 Å². The molecule has 1 unspecified atom stereocenters. The van der Waals surface area contributed by atoms with Gasteiger partial charge in [0.25, 0.3) is 5.91 Å². The van der Waals surface area contributed by atoms with E-state index in [-0.39, 0.29) is 21.7 Å². The molecule has 1 atom stereocenters. The van der Waals surface area contributed by atoms with Crippen molar-refractivity contribution in [2.24, 2.45) is 0 Å². The Morgan fingerprint density at radius 3 is 2.83 bits per heavy atom. The van der Waals surface area contributed by atoms with Crippen molar-refractivity contribution in [1.29, 1.82) is 0 Å². The van der Waals surface area contributed by atoms with Crippen LogP contribution in [0.1, 0.15) is 51.0 Å². The van der Waals surface area contributed by atoms with Crippen molar-refractivity contribution in [3.05, 3.63) is 75.4 Å². The molecule has 3 heterocycles. The van der Waals surface area contributed by atoms with Crippen LogP contribution in [0.2, 0.25) is 0 Å². The number of amides is 1. The van der Waals surface area contributed by atoms with E-state index in [4.69, 9.17) is 4.42 Å². The van der Waals surface area contributed by atoms with E-state index in [1.165, 1.54) is 9.87 Å². The lowest BCUT2D eigenvalue weighted by molar-refractivity contribution is 0.0933. The molecule has 1 amide bonds. The van der Waals surface area contributed by atoms with Crippen LogP contribution in [-0.4, -0.2) is 25.2 Å². The molecule has 0 saturated carbocycles. The first-order valence-corrected chi connectivity index (χ1v) is 12.4. The van der Waals surface area contributed by atoms with Gasteiger partial charge < -0.3 is 9.73 Å². The van der Waals surface area contributed by atoms with Crippen LogP contribution < -0.4 is 5.32 Å². The molecule has 5 rings (SSSR count). The number of rotatable bonds is 4. The van der Waals surface area contributed by atoms with E-state index in [2.05, 4.69) is 5.32 Å². The van der Waals surface area contributed by atoms with Crippen LogP contribution in [0.15, 0.2) is 57.4 Å². The monoisotopic (exact) mass is 442 g/mol. The van der Waals surface area contributed by atoms with Gasteiger partial charge in [-0.2, -0.15) is 4.31 Å². The highest BCUT2D eigenvalue weighted by atomic mass is 32.2. The molecular weight excluding hydrogens is 420 g/mol. The molecular formula is C22H22N2O4S2. The quantitative estimate of drug-likeness (QED) is 0.665. The highest BCUT2D eigenvalue weighted by Crippen LogP contribution is 2.33. The molecule has 0 spiro atoms. The summed E-state index contributed by atoms with van der Waals surface area (Å²) in [5.74, 6) is 0.553. The number of aryl methyl sites for hydroxylation is 1. The molecule has 0 saturated heterocycles. The summed E-state index contributed by atoms with van der Waals surface area (Å²) in [5, 5.41) is 4.69. The first-order valence-electron chi connectivity index (χ1n) is 10.1. The number of hydrogen-bond donors (Lipinski definition) is 1. The third-order valence-corrected chi connectivity index (χ3v) is 8.84. The van der Waals surface area contributed by atoms with Crippen molar-refractivity contribution in [1.82, 2.24) is 9.62 Å². The van der Waals surface area contributed by atoms with Crippen molar-refractivity contribution in [2.75, 3.05) is 6.54 Å². The minimum atomic E-state index is -3.76. The summed E-state index contributed by atoms with van der Waals surface area (Å²) >= 11 is 1.16. The Bertz CT molecular complexity index is 1200. The summed E-state index contributed by atoms with van der Waals surface area (Å²) in [6.45, 7) is 0.744. The zero-order valence-corrected chi connectivity index (χ0v) is 18.0. The van der Waals surface area contributed by atoms with Gasteiger partial charge in [-0.25, -0.2) is 8.42 Å². The van der Waals surface area contributed by atoms with Crippen molar-refractivity contribution in [3.63, 3.8) is 0 Å². The van der Waals surface area contributed by atoms with Gasteiger partial charge in [-0.3, -0.25) is 4.79 Å². The van der Waals surface area contributed by atoms with Gasteiger partial charge in [0.05, 0.1) is 12.3 Å². The molecule has 2 aliphatic rings. The Kier molecular flexibility index (Phi) is 5.00. The second-order valence-electron chi connectivity index (χ2n) is 7.69. The van der Waals surface area contributed by atoms with Crippen molar-refractivity contribution >= 4 is 27.3 Å². The van der Waals surface area contributed by atoms with Gasteiger partial charge in [0.15, 0.2) is 0 Å². The van der Waals surface area contributed by atoms with Crippen LogP contribution in [0.25, 0.3) is 0 Å².